The Labute approximate surface area is 143 Å². The van der Waals surface area contributed by atoms with Gasteiger partial charge in [-0.05, 0) is 62.3 Å². The van der Waals surface area contributed by atoms with Gasteiger partial charge >= 0.3 is 5.97 Å². The van der Waals surface area contributed by atoms with E-state index in [1.807, 2.05) is 39.0 Å². The number of aliphatic carboxylic acids is 1. The van der Waals surface area contributed by atoms with Gasteiger partial charge in [-0.2, -0.15) is 0 Å². The van der Waals surface area contributed by atoms with Crippen LogP contribution in [0.4, 0.5) is 0 Å². The average molecular weight is 336 g/mol. The summed E-state index contributed by atoms with van der Waals surface area (Å²) in [7, 11) is 0. The maximum Gasteiger partial charge on any atom is 0.307 e. The van der Waals surface area contributed by atoms with Gasteiger partial charge in [0.2, 0.25) is 0 Å². The van der Waals surface area contributed by atoms with Crippen LogP contribution in [0.1, 0.15) is 50.7 Å². The number of fused-ring (bicyclic) bond motifs is 1. The molecule has 1 aliphatic rings. The zero-order valence-electron chi connectivity index (χ0n) is 14.8. The first kappa shape index (κ1) is 18.7. The summed E-state index contributed by atoms with van der Waals surface area (Å²) in [6.07, 6.45) is 2.09. The van der Waals surface area contributed by atoms with E-state index < -0.39 is 5.97 Å². The molecule has 1 N–H and O–H groups in total. The molecule has 2 atom stereocenters. The van der Waals surface area contributed by atoms with Crippen LogP contribution in [0, 0.1) is 5.92 Å². The molecule has 0 heterocycles. The second-order valence-corrected chi connectivity index (χ2v) is 6.01. The fourth-order valence-corrected chi connectivity index (χ4v) is 3.45. The van der Waals surface area contributed by atoms with Gasteiger partial charge in [-0.3, -0.25) is 4.79 Å². The molecule has 1 aliphatic carbocycles. The second-order valence-electron chi connectivity index (χ2n) is 6.01. The number of aryl methyl sites for hydroxylation is 1. The Kier molecular flexibility index (Phi) is 7.06. The number of hydrogen-bond donors (Lipinski definition) is 1. The lowest BCUT2D eigenvalue weighted by molar-refractivity contribution is -0.152. The summed E-state index contributed by atoms with van der Waals surface area (Å²) < 4.78 is 16.7. The summed E-state index contributed by atoms with van der Waals surface area (Å²) in [6, 6.07) is 5.96. The Bertz CT molecular complexity index is 537. The van der Waals surface area contributed by atoms with E-state index in [-0.39, 0.29) is 18.1 Å². The van der Waals surface area contributed by atoms with Crippen LogP contribution in [-0.2, 0) is 20.7 Å². The molecule has 0 radical (unpaired) electrons. The number of rotatable bonds is 10. The Morgan fingerprint density at radius 2 is 1.96 bits per heavy atom. The summed E-state index contributed by atoms with van der Waals surface area (Å²) in [5.41, 5.74) is 2.35. The molecule has 24 heavy (non-hydrogen) atoms. The van der Waals surface area contributed by atoms with Crippen LogP contribution in [0.25, 0.3) is 0 Å². The number of carboxylic acids is 1. The standard InChI is InChI=1S/C19H28O5/c1-4-15(19(20)21)17-9-7-13-11-14(8-10-16(13)17)24-12-18(22-5-2)23-6-3/h8,10-11,15,17-18H,4-7,9,12H2,1-3H3,(H,20,21)/t15?,17-/m0/s1. The molecule has 0 bridgehead atoms. The highest BCUT2D eigenvalue weighted by Crippen LogP contribution is 2.41. The van der Waals surface area contributed by atoms with Crippen molar-refractivity contribution >= 4 is 5.97 Å². The van der Waals surface area contributed by atoms with E-state index in [9.17, 15) is 9.90 Å². The van der Waals surface area contributed by atoms with Crippen molar-refractivity contribution in [3.8, 4) is 5.75 Å². The van der Waals surface area contributed by atoms with Crippen molar-refractivity contribution in [2.45, 2.75) is 52.2 Å². The number of benzene rings is 1. The van der Waals surface area contributed by atoms with Gasteiger partial charge < -0.3 is 19.3 Å². The number of carbonyl (C=O) groups is 1. The molecule has 0 fully saturated rings. The second kappa shape index (κ2) is 9.04. The molecule has 1 aromatic rings. The van der Waals surface area contributed by atoms with Crippen LogP contribution >= 0.6 is 0 Å². The Morgan fingerprint density at radius 1 is 1.25 bits per heavy atom. The van der Waals surface area contributed by atoms with Crippen molar-refractivity contribution in [1.82, 2.24) is 0 Å². The molecule has 5 nitrogen and oxygen atoms in total. The van der Waals surface area contributed by atoms with E-state index in [0.717, 1.165) is 24.2 Å². The van der Waals surface area contributed by atoms with Crippen LogP contribution < -0.4 is 4.74 Å². The molecule has 1 unspecified atom stereocenters. The maximum atomic E-state index is 11.4. The van der Waals surface area contributed by atoms with Gasteiger partial charge in [0.15, 0.2) is 6.29 Å². The third-order valence-corrected chi connectivity index (χ3v) is 4.57. The summed E-state index contributed by atoms with van der Waals surface area (Å²) in [6.45, 7) is 7.29. The van der Waals surface area contributed by atoms with Gasteiger partial charge in [-0.1, -0.05) is 13.0 Å². The zero-order valence-corrected chi connectivity index (χ0v) is 14.8. The molecule has 0 aliphatic heterocycles. The van der Waals surface area contributed by atoms with Crippen molar-refractivity contribution in [2.24, 2.45) is 5.92 Å². The molecule has 5 heteroatoms. The predicted octanol–water partition coefficient (Wildman–Crippen LogP) is 3.61. The zero-order chi connectivity index (χ0) is 17.5. The Morgan fingerprint density at radius 3 is 2.54 bits per heavy atom. The highest BCUT2D eigenvalue weighted by molar-refractivity contribution is 5.71. The molecule has 0 saturated carbocycles. The topological polar surface area (TPSA) is 65.0 Å². The van der Waals surface area contributed by atoms with Crippen LogP contribution in [0.2, 0.25) is 0 Å². The molecule has 0 spiro atoms. The maximum absolute atomic E-state index is 11.4. The molecular formula is C19H28O5. The summed E-state index contributed by atoms with van der Waals surface area (Å²) in [4.78, 5) is 11.4. The molecule has 2 rings (SSSR count). The van der Waals surface area contributed by atoms with Gasteiger partial charge in [0, 0.05) is 13.2 Å². The normalized spacial score (nSPS) is 17.8. The largest absolute Gasteiger partial charge is 0.488 e. The van der Waals surface area contributed by atoms with Gasteiger partial charge in [-0.15, -0.1) is 0 Å². The quantitative estimate of drug-likeness (QED) is 0.661. The first-order valence-electron chi connectivity index (χ1n) is 8.82. The van der Waals surface area contributed by atoms with Crippen molar-refractivity contribution in [3.63, 3.8) is 0 Å². The molecule has 0 amide bonds. The summed E-state index contributed by atoms with van der Waals surface area (Å²) in [5.74, 6) is -0.122. The number of ether oxygens (including phenoxy) is 3. The minimum Gasteiger partial charge on any atom is -0.488 e. The van der Waals surface area contributed by atoms with Crippen molar-refractivity contribution in [3.05, 3.63) is 29.3 Å². The first-order chi connectivity index (χ1) is 11.6. The van der Waals surface area contributed by atoms with E-state index in [0.29, 0.717) is 26.2 Å². The summed E-state index contributed by atoms with van der Waals surface area (Å²) >= 11 is 0. The third-order valence-electron chi connectivity index (χ3n) is 4.57. The molecule has 0 aromatic heterocycles. The van der Waals surface area contributed by atoms with Crippen molar-refractivity contribution < 1.29 is 24.1 Å². The highest BCUT2D eigenvalue weighted by Gasteiger charge is 2.33. The van der Waals surface area contributed by atoms with E-state index in [1.165, 1.54) is 5.56 Å². The van der Waals surface area contributed by atoms with Crippen LogP contribution in [0.5, 0.6) is 5.75 Å². The fraction of sp³-hybridized carbons (Fsp3) is 0.632. The van der Waals surface area contributed by atoms with Crippen molar-refractivity contribution in [1.29, 1.82) is 0 Å². The monoisotopic (exact) mass is 336 g/mol. The molecular weight excluding hydrogens is 308 g/mol. The van der Waals surface area contributed by atoms with E-state index in [4.69, 9.17) is 14.2 Å². The molecule has 1 aromatic carbocycles. The van der Waals surface area contributed by atoms with Crippen LogP contribution in [0.15, 0.2) is 18.2 Å². The lowest BCUT2D eigenvalue weighted by Gasteiger charge is -2.20. The molecule has 134 valence electrons. The number of hydrogen-bond acceptors (Lipinski definition) is 4. The molecule has 0 saturated heterocycles. The predicted molar refractivity (Wildman–Crippen MR) is 91.5 cm³/mol. The smallest absolute Gasteiger partial charge is 0.307 e. The minimum atomic E-state index is -0.702. The lowest BCUT2D eigenvalue weighted by Crippen LogP contribution is -2.25. The van der Waals surface area contributed by atoms with Gasteiger partial charge in [-0.25, -0.2) is 0 Å². The van der Waals surface area contributed by atoms with Crippen molar-refractivity contribution in [2.75, 3.05) is 19.8 Å². The SMILES string of the molecule is CCOC(COc1ccc2c(c1)CC[C@H]2C(CC)C(=O)O)OCC. The lowest BCUT2D eigenvalue weighted by atomic mass is 9.85. The third kappa shape index (κ3) is 4.48. The van der Waals surface area contributed by atoms with Gasteiger partial charge in [0.05, 0.1) is 5.92 Å². The highest BCUT2D eigenvalue weighted by atomic mass is 16.7. The van der Waals surface area contributed by atoms with E-state index in [2.05, 4.69) is 0 Å². The number of carboxylic acid groups (broad SMARTS) is 1. The summed E-state index contributed by atoms with van der Waals surface area (Å²) in [5, 5.41) is 9.41. The first-order valence-corrected chi connectivity index (χ1v) is 8.82. The van der Waals surface area contributed by atoms with Gasteiger partial charge in [0.1, 0.15) is 12.4 Å². The van der Waals surface area contributed by atoms with E-state index >= 15 is 0 Å². The minimum absolute atomic E-state index is 0.108. The van der Waals surface area contributed by atoms with Crippen LogP contribution in [0.3, 0.4) is 0 Å². The fourth-order valence-electron chi connectivity index (χ4n) is 3.45. The Balaban J connectivity index is 2.03. The van der Waals surface area contributed by atoms with Crippen LogP contribution in [-0.4, -0.2) is 37.2 Å². The van der Waals surface area contributed by atoms with E-state index in [1.54, 1.807) is 0 Å². The Hall–Kier alpha value is -1.59. The average Bonchev–Trinajstić information content (AvgIpc) is 2.96. The van der Waals surface area contributed by atoms with Gasteiger partial charge in [0.25, 0.3) is 0 Å².